The number of nitrogens with zero attached hydrogens (tertiary/aromatic N) is 2. The Labute approximate surface area is 160 Å². The highest BCUT2D eigenvalue weighted by Crippen LogP contribution is 2.37. The van der Waals surface area contributed by atoms with Gasteiger partial charge in [0.1, 0.15) is 17.3 Å². The number of aromatic nitrogens is 2. The molecule has 0 saturated heterocycles. The first kappa shape index (κ1) is 18.4. The summed E-state index contributed by atoms with van der Waals surface area (Å²) in [6.07, 6.45) is -1.53. The monoisotopic (exact) mass is 387 g/mol. The number of hydrogen-bond donors (Lipinski definition) is 1. The SMILES string of the molecule is COc1ccccc1-n1nc(-c2ccc(C(F)(F)F)cc2)c2c1NCCCC2. The van der Waals surface area contributed by atoms with Crippen molar-refractivity contribution >= 4 is 5.82 Å². The summed E-state index contributed by atoms with van der Waals surface area (Å²) in [7, 11) is 1.60. The zero-order valence-electron chi connectivity index (χ0n) is 15.4. The number of methoxy groups -OCH3 is 1. The first-order chi connectivity index (χ1) is 13.5. The Morgan fingerprint density at radius 3 is 2.50 bits per heavy atom. The Morgan fingerprint density at radius 2 is 1.79 bits per heavy atom. The van der Waals surface area contributed by atoms with Gasteiger partial charge in [-0.05, 0) is 43.5 Å². The van der Waals surface area contributed by atoms with E-state index in [0.29, 0.717) is 17.0 Å². The molecule has 0 bridgehead atoms. The standard InChI is InChI=1S/C21H20F3N3O/c1-28-18-8-3-2-7-17(18)27-20-16(6-4-5-13-25-20)19(26-27)14-9-11-15(12-10-14)21(22,23)24/h2-3,7-12,25H,4-6,13H2,1H3. The third-order valence-electron chi connectivity index (χ3n) is 4.93. The van der Waals surface area contributed by atoms with Crippen LogP contribution in [0.25, 0.3) is 16.9 Å². The summed E-state index contributed by atoms with van der Waals surface area (Å²) in [4.78, 5) is 0. The van der Waals surface area contributed by atoms with Gasteiger partial charge in [-0.2, -0.15) is 18.3 Å². The molecule has 3 aromatic rings. The highest BCUT2D eigenvalue weighted by Gasteiger charge is 2.30. The van der Waals surface area contributed by atoms with Crippen molar-refractivity contribution in [2.45, 2.75) is 25.4 Å². The number of benzene rings is 2. The summed E-state index contributed by atoms with van der Waals surface area (Å²) in [5, 5.41) is 8.20. The van der Waals surface area contributed by atoms with E-state index in [4.69, 9.17) is 9.84 Å². The van der Waals surface area contributed by atoms with E-state index in [2.05, 4.69) is 5.32 Å². The van der Waals surface area contributed by atoms with Crippen LogP contribution in [-0.2, 0) is 12.6 Å². The van der Waals surface area contributed by atoms with Gasteiger partial charge in [0.05, 0.1) is 18.4 Å². The molecule has 4 rings (SSSR count). The highest BCUT2D eigenvalue weighted by molar-refractivity contribution is 5.72. The first-order valence-corrected chi connectivity index (χ1v) is 9.16. The van der Waals surface area contributed by atoms with Gasteiger partial charge in [0, 0.05) is 17.7 Å². The normalized spacial score (nSPS) is 14.1. The Morgan fingerprint density at radius 1 is 1.04 bits per heavy atom. The van der Waals surface area contributed by atoms with E-state index >= 15 is 0 Å². The van der Waals surface area contributed by atoms with Crippen molar-refractivity contribution < 1.29 is 17.9 Å². The molecule has 2 heterocycles. The molecule has 0 amide bonds. The maximum absolute atomic E-state index is 12.9. The van der Waals surface area contributed by atoms with Crippen LogP contribution in [0.2, 0.25) is 0 Å². The largest absolute Gasteiger partial charge is 0.494 e. The fraction of sp³-hybridized carbons (Fsp3) is 0.286. The Bertz CT molecular complexity index is 978. The molecule has 0 unspecified atom stereocenters. The third-order valence-corrected chi connectivity index (χ3v) is 4.93. The smallest absolute Gasteiger partial charge is 0.416 e. The summed E-state index contributed by atoms with van der Waals surface area (Å²) in [6, 6.07) is 12.7. The first-order valence-electron chi connectivity index (χ1n) is 9.16. The van der Waals surface area contributed by atoms with E-state index < -0.39 is 11.7 Å². The second-order valence-corrected chi connectivity index (χ2v) is 6.72. The van der Waals surface area contributed by atoms with Gasteiger partial charge in [-0.3, -0.25) is 0 Å². The number of anilines is 1. The molecule has 1 N–H and O–H groups in total. The average Bonchev–Trinajstić information content (AvgIpc) is 2.88. The lowest BCUT2D eigenvalue weighted by molar-refractivity contribution is -0.137. The summed E-state index contributed by atoms with van der Waals surface area (Å²) >= 11 is 0. The minimum atomic E-state index is -4.35. The van der Waals surface area contributed by atoms with Crippen molar-refractivity contribution in [1.29, 1.82) is 0 Å². The molecule has 1 aromatic heterocycles. The van der Waals surface area contributed by atoms with Crippen LogP contribution in [0, 0.1) is 0 Å². The fourth-order valence-electron chi connectivity index (χ4n) is 3.53. The van der Waals surface area contributed by atoms with Gasteiger partial charge in [0.15, 0.2) is 0 Å². The second-order valence-electron chi connectivity index (χ2n) is 6.72. The number of halogens is 3. The maximum atomic E-state index is 12.9. The quantitative estimate of drug-likeness (QED) is 0.662. The highest BCUT2D eigenvalue weighted by atomic mass is 19.4. The van der Waals surface area contributed by atoms with Crippen LogP contribution in [0.1, 0.15) is 24.0 Å². The molecule has 1 aliphatic heterocycles. The van der Waals surface area contributed by atoms with Crippen LogP contribution in [-0.4, -0.2) is 23.4 Å². The van der Waals surface area contributed by atoms with E-state index in [1.807, 2.05) is 24.3 Å². The molecule has 146 valence electrons. The van der Waals surface area contributed by atoms with Gasteiger partial charge in [0.25, 0.3) is 0 Å². The van der Waals surface area contributed by atoms with Gasteiger partial charge in [-0.25, -0.2) is 4.68 Å². The van der Waals surface area contributed by atoms with E-state index in [-0.39, 0.29) is 0 Å². The van der Waals surface area contributed by atoms with Crippen molar-refractivity contribution in [1.82, 2.24) is 9.78 Å². The Kier molecular flexibility index (Phi) is 4.75. The lowest BCUT2D eigenvalue weighted by Gasteiger charge is -2.12. The lowest BCUT2D eigenvalue weighted by atomic mass is 10.0. The molecule has 0 saturated carbocycles. The van der Waals surface area contributed by atoms with Crippen LogP contribution in [0.15, 0.2) is 48.5 Å². The Balaban J connectivity index is 1.86. The minimum Gasteiger partial charge on any atom is -0.494 e. The average molecular weight is 387 g/mol. The zero-order valence-corrected chi connectivity index (χ0v) is 15.4. The summed E-state index contributed by atoms with van der Waals surface area (Å²) in [5.41, 5.74) is 2.51. The number of hydrogen-bond acceptors (Lipinski definition) is 3. The second kappa shape index (κ2) is 7.22. The van der Waals surface area contributed by atoms with Crippen molar-refractivity contribution in [3.63, 3.8) is 0 Å². The zero-order chi connectivity index (χ0) is 19.7. The van der Waals surface area contributed by atoms with Crippen molar-refractivity contribution in [2.24, 2.45) is 0 Å². The van der Waals surface area contributed by atoms with E-state index in [9.17, 15) is 13.2 Å². The van der Waals surface area contributed by atoms with Gasteiger partial charge in [-0.1, -0.05) is 24.3 Å². The molecule has 0 atom stereocenters. The maximum Gasteiger partial charge on any atom is 0.416 e. The summed E-state index contributed by atoms with van der Waals surface area (Å²) < 4.78 is 46.0. The number of nitrogens with one attached hydrogen (secondary N) is 1. The third kappa shape index (κ3) is 3.32. The van der Waals surface area contributed by atoms with E-state index in [1.165, 1.54) is 12.1 Å². The number of rotatable bonds is 3. The van der Waals surface area contributed by atoms with Crippen LogP contribution < -0.4 is 10.1 Å². The number of alkyl halides is 3. The van der Waals surface area contributed by atoms with Crippen molar-refractivity contribution in [3.05, 3.63) is 59.7 Å². The van der Waals surface area contributed by atoms with Crippen LogP contribution in [0.5, 0.6) is 5.75 Å². The van der Waals surface area contributed by atoms with Gasteiger partial charge >= 0.3 is 6.18 Å². The molecular formula is C21H20F3N3O. The minimum absolute atomic E-state index is 0.662. The van der Waals surface area contributed by atoms with Gasteiger partial charge < -0.3 is 10.1 Å². The molecule has 0 aliphatic carbocycles. The molecular weight excluding hydrogens is 367 g/mol. The van der Waals surface area contributed by atoms with Crippen LogP contribution >= 0.6 is 0 Å². The lowest BCUT2D eigenvalue weighted by Crippen LogP contribution is -2.08. The molecule has 0 fully saturated rings. The molecule has 2 aromatic carbocycles. The number of para-hydroxylation sites is 2. The topological polar surface area (TPSA) is 39.1 Å². The summed E-state index contributed by atoms with van der Waals surface area (Å²) in [5.74, 6) is 1.55. The summed E-state index contributed by atoms with van der Waals surface area (Å²) in [6.45, 7) is 0.820. The predicted molar refractivity (Wildman–Crippen MR) is 102 cm³/mol. The molecule has 7 heteroatoms. The number of ether oxygens (including phenoxy) is 1. The predicted octanol–water partition coefficient (Wildman–Crippen LogP) is 5.31. The van der Waals surface area contributed by atoms with E-state index in [0.717, 1.165) is 55.0 Å². The van der Waals surface area contributed by atoms with E-state index in [1.54, 1.807) is 11.8 Å². The van der Waals surface area contributed by atoms with Crippen LogP contribution in [0.3, 0.4) is 0 Å². The molecule has 28 heavy (non-hydrogen) atoms. The van der Waals surface area contributed by atoms with Crippen molar-refractivity contribution in [2.75, 3.05) is 19.0 Å². The molecule has 0 radical (unpaired) electrons. The fourth-order valence-corrected chi connectivity index (χ4v) is 3.53. The molecule has 4 nitrogen and oxygen atoms in total. The van der Waals surface area contributed by atoms with Crippen molar-refractivity contribution in [3.8, 4) is 22.7 Å². The van der Waals surface area contributed by atoms with Gasteiger partial charge in [-0.15, -0.1) is 0 Å². The number of fused-ring (bicyclic) bond motifs is 1. The molecule has 1 aliphatic rings. The Hall–Kier alpha value is -2.96. The van der Waals surface area contributed by atoms with Gasteiger partial charge in [0.2, 0.25) is 0 Å². The molecule has 0 spiro atoms. The van der Waals surface area contributed by atoms with Crippen LogP contribution in [0.4, 0.5) is 19.0 Å².